The Balaban J connectivity index is 1.76. The third-order valence-corrected chi connectivity index (χ3v) is 9.00. The number of benzene rings is 4. The van der Waals surface area contributed by atoms with E-state index in [1.165, 1.54) is 33.4 Å². The minimum atomic E-state index is -0.159. The van der Waals surface area contributed by atoms with E-state index >= 15 is 4.39 Å². The molecule has 2 aliphatic rings. The molecule has 6 rings (SSSR count). The summed E-state index contributed by atoms with van der Waals surface area (Å²) in [7, 11) is 0. The Hall–Kier alpha value is -3.19. The number of fused-ring (bicyclic) bond motifs is 1. The average Bonchev–Trinajstić information content (AvgIpc) is 2.86. The smallest absolute Gasteiger partial charge is 0.131 e. The molecule has 34 heavy (non-hydrogen) atoms. The predicted molar refractivity (Wildman–Crippen MR) is 143 cm³/mol. The maximum absolute atomic E-state index is 15.3. The van der Waals surface area contributed by atoms with Crippen molar-refractivity contribution in [2.75, 3.05) is 0 Å². The van der Waals surface area contributed by atoms with Crippen LogP contribution in [-0.2, 0) is 0 Å². The SMILES string of the molecule is C=Cc1c(-c2cc(F)c3ccccc3c2C)cc2c3c1C(C)C(C)c1cccc(c1-3)C(C)C2C. The molecule has 4 aromatic carbocycles. The van der Waals surface area contributed by atoms with E-state index in [1.807, 2.05) is 30.3 Å². The van der Waals surface area contributed by atoms with E-state index in [2.05, 4.69) is 65.5 Å². The summed E-state index contributed by atoms with van der Waals surface area (Å²) in [6, 6.07) is 18.8. The van der Waals surface area contributed by atoms with Gasteiger partial charge in [-0.05, 0) is 104 Å². The third-order valence-electron chi connectivity index (χ3n) is 9.00. The molecule has 0 spiro atoms. The van der Waals surface area contributed by atoms with Crippen molar-refractivity contribution in [3.05, 3.63) is 100 Å². The van der Waals surface area contributed by atoms with Crippen LogP contribution in [0.2, 0.25) is 0 Å². The summed E-state index contributed by atoms with van der Waals surface area (Å²) in [5.41, 5.74) is 13.0. The van der Waals surface area contributed by atoms with E-state index < -0.39 is 0 Å². The second-order valence-corrected chi connectivity index (χ2v) is 10.5. The van der Waals surface area contributed by atoms with Gasteiger partial charge in [-0.3, -0.25) is 0 Å². The first-order valence-corrected chi connectivity index (χ1v) is 12.5. The minimum Gasteiger partial charge on any atom is -0.206 e. The molecule has 170 valence electrons. The zero-order chi connectivity index (χ0) is 23.9. The zero-order valence-corrected chi connectivity index (χ0v) is 20.7. The fourth-order valence-electron chi connectivity index (χ4n) is 6.74. The fraction of sp³-hybridized carbons (Fsp3) is 0.273. The molecule has 0 fully saturated rings. The minimum absolute atomic E-state index is 0.159. The first kappa shape index (κ1) is 21.4. The Morgan fingerprint density at radius 2 is 1.32 bits per heavy atom. The molecule has 4 aromatic rings. The molecule has 0 N–H and O–H groups in total. The molecule has 0 heterocycles. The van der Waals surface area contributed by atoms with Gasteiger partial charge in [0.15, 0.2) is 0 Å². The number of halogens is 1. The van der Waals surface area contributed by atoms with Crippen LogP contribution >= 0.6 is 0 Å². The maximum Gasteiger partial charge on any atom is 0.131 e. The molecule has 0 aliphatic heterocycles. The van der Waals surface area contributed by atoms with Crippen molar-refractivity contribution in [2.45, 2.75) is 58.3 Å². The monoisotopic (exact) mass is 446 g/mol. The molecule has 4 atom stereocenters. The topological polar surface area (TPSA) is 0 Å². The molecular weight excluding hydrogens is 415 g/mol. The van der Waals surface area contributed by atoms with Gasteiger partial charge in [-0.25, -0.2) is 4.39 Å². The van der Waals surface area contributed by atoms with Crippen LogP contribution in [0.4, 0.5) is 4.39 Å². The lowest BCUT2D eigenvalue weighted by atomic mass is 9.62. The summed E-state index contributed by atoms with van der Waals surface area (Å²) < 4.78 is 15.3. The van der Waals surface area contributed by atoms with E-state index in [4.69, 9.17) is 0 Å². The fourth-order valence-corrected chi connectivity index (χ4v) is 6.74. The maximum atomic E-state index is 15.3. The van der Waals surface area contributed by atoms with Crippen molar-refractivity contribution >= 4 is 16.8 Å². The summed E-state index contributed by atoms with van der Waals surface area (Å²) in [6.07, 6.45) is 2.01. The molecular formula is C33H31F. The highest BCUT2D eigenvalue weighted by molar-refractivity contribution is 5.96. The second kappa shape index (κ2) is 7.40. The third kappa shape index (κ3) is 2.64. The van der Waals surface area contributed by atoms with Crippen LogP contribution in [-0.4, -0.2) is 0 Å². The highest BCUT2D eigenvalue weighted by Crippen LogP contribution is 2.58. The first-order valence-electron chi connectivity index (χ1n) is 12.5. The average molecular weight is 447 g/mol. The van der Waals surface area contributed by atoms with Crippen LogP contribution in [0.3, 0.4) is 0 Å². The van der Waals surface area contributed by atoms with Crippen molar-refractivity contribution < 1.29 is 4.39 Å². The number of rotatable bonds is 2. The van der Waals surface area contributed by atoms with E-state index in [0.29, 0.717) is 29.1 Å². The Kier molecular flexibility index (Phi) is 4.65. The molecule has 0 bridgehead atoms. The van der Waals surface area contributed by atoms with Crippen LogP contribution in [0.5, 0.6) is 0 Å². The standard InChI is InChI=1S/C33H31F/c1-7-22-29(27-16-30(34)26-12-9-8-11-23(26)21(27)6)15-28-18(3)17(2)24-13-10-14-25-19(4)20(5)31(22)33(28)32(24)25/h7-20H,1H2,2-6H3. The van der Waals surface area contributed by atoms with Crippen molar-refractivity contribution in [1.82, 2.24) is 0 Å². The summed E-state index contributed by atoms with van der Waals surface area (Å²) in [5.74, 6) is 1.44. The van der Waals surface area contributed by atoms with Gasteiger partial charge in [-0.15, -0.1) is 0 Å². The van der Waals surface area contributed by atoms with Crippen LogP contribution in [0.25, 0.3) is 39.1 Å². The first-order chi connectivity index (χ1) is 16.3. The van der Waals surface area contributed by atoms with Gasteiger partial charge in [0.05, 0.1) is 0 Å². The normalized spacial score (nSPS) is 22.5. The predicted octanol–water partition coefficient (Wildman–Crippen LogP) is 9.71. The van der Waals surface area contributed by atoms with Crippen molar-refractivity contribution in [2.24, 2.45) is 0 Å². The van der Waals surface area contributed by atoms with Crippen LogP contribution in [0.1, 0.15) is 84.7 Å². The van der Waals surface area contributed by atoms with Crippen LogP contribution < -0.4 is 0 Å². The largest absolute Gasteiger partial charge is 0.206 e. The lowest BCUT2D eigenvalue weighted by Gasteiger charge is -2.42. The molecule has 2 aliphatic carbocycles. The summed E-state index contributed by atoms with van der Waals surface area (Å²) in [4.78, 5) is 0. The Bertz CT molecular complexity index is 1490. The molecule has 4 unspecified atom stereocenters. The summed E-state index contributed by atoms with van der Waals surface area (Å²) in [6.45, 7) is 15.8. The molecule has 0 amide bonds. The van der Waals surface area contributed by atoms with Gasteiger partial charge in [0.2, 0.25) is 0 Å². The van der Waals surface area contributed by atoms with Gasteiger partial charge in [0.25, 0.3) is 0 Å². The lowest BCUT2D eigenvalue weighted by Crippen LogP contribution is -2.23. The molecule has 1 heteroatoms. The highest BCUT2D eigenvalue weighted by Gasteiger charge is 2.39. The molecule has 0 nitrogen and oxygen atoms in total. The Labute approximate surface area is 202 Å². The van der Waals surface area contributed by atoms with Crippen LogP contribution in [0, 0.1) is 12.7 Å². The number of aryl methyl sites for hydroxylation is 1. The number of hydrogen-bond acceptors (Lipinski definition) is 0. The van der Waals surface area contributed by atoms with Crippen molar-refractivity contribution in [3.63, 3.8) is 0 Å². The zero-order valence-electron chi connectivity index (χ0n) is 20.7. The highest BCUT2D eigenvalue weighted by atomic mass is 19.1. The summed E-state index contributed by atoms with van der Waals surface area (Å²) >= 11 is 0. The van der Waals surface area contributed by atoms with E-state index in [9.17, 15) is 0 Å². The van der Waals surface area contributed by atoms with Gasteiger partial charge < -0.3 is 0 Å². The van der Waals surface area contributed by atoms with Crippen molar-refractivity contribution in [1.29, 1.82) is 0 Å². The van der Waals surface area contributed by atoms with E-state index in [-0.39, 0.29) is 5.82 Å². The van der Waals surface area contributed by atoms with Gasteiger partial charge in [-0.2, -0.15) is 0 Å². The van der Waals surface area contributed by atoms with Gasteiger partial charge in [0, 0.05) is 5.39 Å². The lowest BCUT2D eigenvalue weighted by molar-refractivity contribution is 0.579. The van der Waals surface area contributed by atoms with Crippen LogP contribution in [0.15, 0.2) is 61.2 Å². The van der Waals surface area contributed by atoms with E-state index in [1.54, 1.807) is 6.07 Å². The van der Waals surface area contributed by atoms with E-state index in [0.717, 1.165) is 27.6 Å². The summed E-state index contributed by atoms with van der Waals surface area (Å²) in [5, 5.41) is 1.67. The molecule has 0 aromatic heterocycles. The second-order valence-electron chi connectivity index (χ2n) is 10.5. The molecule has 0 radical (unpaired) electrons. The number of hydrogen-bond donors (Lipinski definition) is 0. The quantitative estimate of drug-likeness (QED) is 0.287. The Morgan fingerprint density at radius 3 is 2.00 bits per heavy atom. The van der Waals surface area contributed by atoms with Gasteiger partial charge in [-0.1, -0.05) is 82.8 Å². The Morgan fingerprint density at radius 1 is 0.706 bits per heavy atom. The van der Waals surface area contributed by atoms with Crippen molar-refractivity contribution in [3.8, 4) is 22.3 Å². The van der Waals surface area contributed by atoms with Gasteiger partial charge in [0.1, 0.15) is 5.82 Å². The van der Waals surface area contributed by atoms with Gasteiger partial charge >= 0.3 is 0 Å². The molecule has 0 saturated heterocycles. The molecule has 0 saturated carbocycles.